The summed E-state index contributed by atoms with van der Waals surface area (Å²) in [5, 5.41) is 8.99. The number of carbonyl (C=O) groups is 2. The summed E-state index contributed by atoms with van der Waals surface area (Å²) >= 11 is 1.50. The second-order valence-electron chi connectivity index (χ2n) is 5.85. The van der Waals surface area contributed by atoms with Crippen molar-refractivity contribution in [2.75, 3.05) is 5.32 Å². The highest BCUT2D eigenvalue weighted by atomic mass is 32.1. The van der Waals surface area contributed by atoms with Crippen LogP contribution in [0, 0.1) is 0 Å². The minimum atomic E-state index is -0.627. The van der Waals surface area contributed by atoms with Crippen LogP contribution < -0.4 is 11.1 Å². The van der Waals surface area contributed by atoms with E-state index < -0.39 is 11.8 Å². The standard InChI is InChI=1S/C20H15N5O2S/c21-17(26)14-9-4-5-10-15(14)22-20(27)18-23-19(16-11-6-12-28-16)25(24-18)13-7-2-1-3-8-13/h1-12H,(H2,21,26)(H,22,27). The number of primary amides is 1. The van der Waals surface area contributed by atoms with Crippen molar-refractivity contribution in [2.24, 2.45) is 5.73 Å². The van der Waals surface area contributed by atoms with Gasteiger partial charge in [0.25, 0.3) is 11.8 Å². The lowest BCUT2D eigenvalue weighted by atomic mass is 10.1. The fourth-order valence-electron chi connectivity index (χ4n) is 2.71. The van der Waals surface area contributed by atoms with Gasteiger partial charge in [-0.1, -0.05) is 36.4 Å². The van der Waals surface area contributed by atoms with Gasteiger partial charge in [-0.2, -0.15) is 0 Å². The number of nitrogens with zero attached hydrogens (tertiary/aromatic N) is 3. The molecule has 2 heterocycles. The number of thiophene rings is 1. The maximum absolute atomic E-state index is 12.8. The number of anilines is 1. The first-order valence-corrected chi connectivity index (χ1v) is 9.28. The second-order valence-corrected chi connectivity index (χ2v) is 6.80. The van der Waals surface area contributed by atoms with E-state index in [1.807, 2.05) is 47.8 Å². The van der Waals surface area contributed by atoms with E-state index in [1.165, 1.54) is 11.3 Å². The SMILES string of the molecule is NC(=O)c1ccccc1NC(=O)c1nc(-c2cccs2)n(-c2ccccc2)n1. The van der Waals surface area contributed by atoms with Gasteiger partial charge in [0, 0.05) is 0 Å². The van der Waals surface area contributed by atoms with Crippen LogP contribution in [0.25, 0.3) is 16.4 Å². The van der Waals surface area contributed by atoms with Gasteiger partial charge < -0.3 is 11.1 Å². The third kappa shape index (κ3) is 3.40. The Balaban J connectivity index is 1.73. The van der Waals surface area contributed by atoms with Crippen molar-refractivity contribution < 1.29 is 9.59 Å². The average Bonchev–Trinajstić information content (AvgIpc) is 3.38. The minimum absolute atomic E-state index is 0.00785. The Hall–Kier alpha value is -3.78. The zero-order valence-electron chi connectivity index (χ0n) is 14.6. The Labute approximate surface area is 164 Å². The smallest absolute Gasteiger partial charge is 0.295 e. The van der Waals surface area contributed by atoms with Crippen LogP contribution in [0.2, 0.25) is 0 Å². The van der Waals surface area contributed by atoms with Crippen molar-refractivity contribution in [3.05, 3.63) is 83.5 Å². The molecular formula is C20H15N5O2S. The average molecular weight is 389 g/mol. The molecule has 0 bridgehead atoms. The highest BCUT2D eigenvalue weighted by Crippen LogP contribution is 2.26. The number of benzene rings is 2. The van der Waals surface area contributed by atoms with E-state index in [-0.39, 0.29) is 11.4 Å². The molecule has 0 atom stereocenters. The highest BCUT2D eigenvalue weighted by molar-refractivity contribution is 7.13. The summed E-state index contributed by atoms with van der Waals surface area (Å²) in [6, 6.07) is 19.8. The van der Waals surface area contributed by atoms with Gasteiger partial charge in [0.05, 0.1) is 21.8 Å². The zero-order chi connectivity index (χ0) is 19.5. The number of rotatable bonds is 5. The van der Waals surface area contributed by atoms with Crippen LogP contribution in [0.3, 0.4) is 0 Å². The van der Waals surface area contributed by atoms with Gasteiger partial charge in [0.1, 0.15) is 0 Å². The quantitative estimate of drug-likeness (QED) is 0.546. The first kappa shape index (κ1) is 17.6. The van der Waals surface area contributed by atoms with Crippen LogP contribution in [0.5, 0.6) is 0 Å². The van der Waals surface area contributed by atoms with E-state index >= 15 is 0 Å². The Morgan fingerprint density at radius 2 is 1.71 bits per heavy atom. The molecule has 8 heteroatoms. The number of nitrogens with two attached hydrogens (primary N) is 1. The highest BCUT2D eigenvalue weighted by Gasteiger charge is 2.20. The Morgan fingerprint density at radius 1 is 0.964 bits per heavy atom. The molecule has 3 N–H and O–H groups in total. The van der Waals surface area contributed by atoms with Crippen LogP contribution in [-0.2, 0) is 0 Å². The third-order valence-corrected chi connectivity index (χ3v) is 4.86. The fourth-order valence-corrected chi connectivity index (χ4v) is 3.41. The summed E-state index contributed by atoms with van der Waals surface area (Å²) in [5.74, 6) is -0.597. The molecule has 28 heavy (non-hydrogen) atoms. The van der Waals surface area contributed by atoms with Crippen LogP contribution in [0.1, 0.15) is 21.0 Å². The molecule has 2 amide bonds. The van der Waals surface area contributed by atoms with Crippen molar-refractivity contribution >= 4 is 28.8 Å². The summed E-state index contributed by atoms with van der Waals surface area (Å²) in [4.78, 5) is 29.6. The van der Waals surface area contributed by atoms with Crippen molar-refractivity contribution in [3.63, 3.8) is 0 Å². The molecule has 0 fully saturated rings. The summed E-state index contributed by atoms with van der Waals surface area (Å²) in [7, 11) is 0. The molecule has 0 saturated heterocycles. The van der Waals surface area contributed by atoms with Crippen LogP contribution in [-0.4, -0.2) is 26.6 Å². The third-order valence-electron chi connectivity index (χ3n) is 3.99. The number of aromatic nitrogens is 3. The van der Waals surface area contributed by atoms with E-state index in [2.05, 4.69) is 15.4 Å². The monoisotopic (exact) mass is 389 g/mol. The molecule has 0 aliphatic heterocycles. The molecule has 0 aliphatic carbocycles. The number of amides is 2. The number of hydrogen-bond donors (Lipinski definition) is 2. The fraction of sp³-hybridized carbons (Fsp3) is 0. The second kappa shape index (κ2) is 7.45. The molecule has 0 unspecified atom stereocenters. The number of hydrogen-bond acceptors (Lipinski definition) is 5. The molecule has 0 aliphatic rings. The normalized spacial score (nSPS) is 10.6. The molecule has 138 valence electrons. The number of nitrogens with one attached hydrogen (secondary N) is 1. The molecule has 4 rings (SSSR count). The zero-order valence-corrected chi connectivity index (χ0v) is 15.4. The van der Waals surface area contributed by atoms with Crippen molar-refractivity contribution in [3.8, 4) is 16.4 Å². The van der Waals surface area contributed by atoms with Gasteiger partial charge in [-0.3, -0.25) is 9.59 Å². The van der Waals surface area contributed by atoms with E-state index in [1.54, 1.807) is 28.9 Å². The van der Waals surface area contributed by atoms with Gasteiger partial charge >= 0.3 is 0 Å². The molecule has 0 radical (unpaired) electrons. The predicted molar refractivity (Wildman–Crippen MR) is 108 cm³/mol. The van der Waals surface area contributed by atoms with Gasteiger partial charge in [-0.15, -0.1) is 16.4 Å². The van der Waals surface area contributed by atoms with Gasteiger partial charge in [-0.05, 0) is 35.7 Å². The Bertz CT molecular complexity index is 1140. The molecule has 2 aromatic carbocycles. The topological polar surface area (TPSA) is 103 Å². The molecule has 4 aromatic rings. The van der Waals surface area contributed by atoms with Crippen molar-refractivity contribution in [2.45, 2.75) is 0 Å². The molecule has 2 aromatic heterocycles. The van der Waals surface area contributed by atoms with E-state index in [0.717, 1.165) is 10.6 Å². The van der Waals surface area contributed by atoms with Gasteiger partial charge in [-0.25, -0.2) is 9.67 Å². The summed E-state index contributed by atoms with van der Waals surface area (Å²) in [6.07, 6.45) is 0. The van der Waals surface area contributed by atoms with Crippen LogP contribution >= 0.6 is 11.3 Å². The van der Waals surface area contributed by atoms with Gasteiger partial charge in [0.2, 0.25) is 5.82 Å². The summed E-state index contributed by atoms with van der Waals surface area (Å²) in [5.41, 5.74) is 6.69. The number of para-hydroxylation sites is 2. The van der Waals surface area contributed by atoms with Crippen LogP contribution in [0.15, 0.2) is 72.1 Å². The number of carbonyl (C=O) groups excluding carboxylic acids is 2. The summed E-state index contributed by atoms with van der Waals surface area (Å²) in [6.45, 7) is 0. The van der Waals surface area contributed by atoms with E-state index in [4.69, 9.17) is 5.73 Å². The lowest BCUT2D eigenvalue weighted by molar-refractivity contribution is 0.100. The first-order chi connectivity index (χ1) is 13.6. The predicted octanol–water partition coefficient (Wildman–Crippen LogP) is 3.35. The van der Waals surface area contributed by atoms with Crippen molar-refractivity contribution in [1.29, 1.82) is 0 Å². The van der Waals surface area contributed by atoms with Crippen molar-refractivity contribution in [1.82, 2.24) is 14.8 Å². The molecular weight excluding hydrogens is 374 g/mol. The summed E-state index contributed by atoms with van der Waals surface area (Å²) < 4.78 is 1.63. The minimum Gasteiger partial charge on any atom is -0.366 e. The van der Waals surface area contributed by atoms with Crippen LogP contribution in [0.4, 0.5) is 5.69 Å². The molecule has 7 nitrogen and oxygen atoms in total. The lowest BCUT2D eigenvalue weighted by Crippen LogP contribution is -2.19. The first-order valence-electron chi connectivity index (χ1n) is 8.40. The van der Waals surface area contributed by atoms with E-state index in [9.17, 15) is 9.59 Å². The molecule has 0 spiro atoms. The van der Waals surface area contributed by atoms with Gasteiger partial charge in [0.15, 0.2) is 5.82 Å². The van der Waals surface area contributed by atoms with E-state index in [0.29, 0.717) is 11.5 Å². The lowest BCUT2D eigenvalue weighted by Gasteiger charge is -2.06. The maximum atomic E-state index is 12.8. The maximum Gasteiger partial charge on any atom is 0.295 e. The Kier molecular flexibility index (Phi) is 4.69. The largest absolute Gasteiger partial charge is 0.366 e. The Morgan fingerprint density at radius 3 is 2.43 bits per heavy atom. The molecule has 0 saturated carbocycles.